The van der Waals surface area contributed by atoms with Gasteiger partial charge in [0.25, 0.3) is 0 Å². The first-order chi connectivity index (χ1) is 8.61. The van der Waals surface area contributed by atoms with Crippen LogP contribution in [0.3, 0.4) is 0 Å². The zero-order valence-corrected chi connectivity index (χ0v) is 10.9. The lowest BCUT2D eigenvalue weighted by Crippen LogP contribution is -2.31. The summed E-state index contributed by atoms with van der Waals surface area (Å²) in [5, 5.41) is 9.73. The molecular weight excluding hydrogens is 232 g/mol. The van der Waals surface area contributed by atoms with Gasteiger partial charge in [-0.05, 0) is 26.1 Å². The first kappa shape index (κ1) is 14.6. The number of aliphatic hydroxyl groups excluding tert-OH is 1. The fourth-order valence-electron chi connectivity index (χ4n) is 1.67. The summed E-state index contributed by atoms with van der Waals surface area (Å²) in [4.78, 5) is 17.3. The van der Waals surface area contributed by atoms with E-state index in [0.717, 1.165) is 5.69 Å². The lowest BCUT2D eigenvalue weighted by Gasteiger charge is -2.19. The highest BCUT2D eigenvalue weighted by Gasteiger charge is 2.14. The van der Waals surface area contributed by atoms with Crippen LogP contribution in [0.25, 0.3) is 0 Å². The van der Waals surface area contributed by atoms with Crippen molar-refractivity contribution >= 4 is 5.97 Å². The number of hydrogen-bond acceptors (Lipinski definition) is 5. The average molecular weight is 252 g/mol. The predicted octanol–water partition coefficient (Wildman–Crippen LogP) is 0.827. The van der Waals surface area contributed by atoms with Crippen LogP contribution in [0.15, 0.2) is 24.4 Å². The number of likely N-dealkylation sites (N-methyl/N-ethyl adjacent to an activating group) is 1. The fraction of sp³-hybridized carbons (Fsp3) is 0.538. The minimum Gasteiger partial charge on any atom is -0.466 e. The molecule has 0 bridgehead atoms. The summed E-state index contributed by atoms with van der Waals surface area (Å²) in [5.74, 6) is -0.365. The predicted molar refractivity (Wildman–Crippen MR) is 67.8 cm³/mol. The number of pyridine rings is 1. The number of carbonyl (C=O) groups excluding carboxylic acids is 1. The smallest absolute Gasteiger partial charge is 0.308 e. The fourth-order valence-corrected chi connectivity index (χ4v) is 1.67. The van der Waals surface area contributed by atoms with Crippen molar-refractivity contribution in [2.75, 3.05) is 20.2 Å². The normalized spacial score (nSPS) is 12.4. The number of carbonyl (C=O) groups is 1. The first-order valence-electron chi connectivity index (χ1n) is 6.04. The Balaban J connectivity index is 2.31. The quantitative estimate of drug-likeness (QED) is 0.728. The largest absolute Gasteiger partial charge is 0.466 e. The molecule has 0 aliphatic carbocycles. The van der Waals surface area contributed by atoms with Gasteiger partial charge in [0.2, 0.25) is 0 Å². The maximum atomic E-state index is 11.2. The minimum absolute atomic E-state index is 0.0282. The molecule has 100 valence electrons. The van der Waals surface area contributed by atoms with Crippen molar-refractivity contribution in [2.24, 2.45) is 0 Å². The molecule has 0 aliphatic heterocycles. The molecule has 1 aromatic heterocycles. The van der Waals surface area contributed by atoms with E-state index in [4.69, 9.17) is 4.74 Å². The summed E-state index contributed by atoms with van der Waals surface area (Å²) < 4.78 is 4.78. The van der Waals surface area contributed by atoms with Crippen LogP contribution in [-0.2, 0) is 16.1 Å². The van der Waals surface area contributed by atoms with Crippen LogP contribution in [0.4, 0.5) is 0 Å². The van der Waals surface area contributed by atoms with E-state index in [-0.39, 0.29) is 12.4 Å². The highest BCUT2D eigenvalue weighted by molar-refractivity contribution is 5.69. The summed E-state index contributed by atoms with van der Waals surface area (Å²) in [7, 11) is 1.88. The van der Waals surface area contributed by atoms with E-state index in [0.29, 0.717) is 19.7 Å². The van der Waals surface area contributed by atoms with Crippen LogP contribution >= 0.6 is 0 Å². The van der Waals surface area contributed by atoms with Gasteiger partial charge < -0.3 is 9.84 Å². The van der Waals surface area contributed by atoms with Crippen molar-refractivity contribution in [1.82, 2.24) is 9.88 Å². The Labute approximate surface area is 107 Å². The third-order valence-corrected chi connectivity index (χ3v) is 2.39. The van der Waals surface area contributed by atoms with Gasteiger partial charge in [0, 0.05) is 19.3 Å². The first-order valence-corrected chi connectivity index (χ1v) is 6.04. The van der Waals surface area contributed by atoms with Crippen LogP contribution < -0.4 is 0 Å². The Morgan fingerprint density at radius 3 is 2.94 bits per heavy atom. The average Bonchev–Trinajstić information content (AvgIpc) is 2.29. The highest BCUT2D eigenvalue weighted by Crippen LogP contribution is 2.02. The second-order valence-electron chi connectivity index (χ2n) is 4.18. The number of esters is 1. The number of rotatable bonds is 7. The number of ether oxygens (including phenoxy) is 1. The Morgan fingerprint density at radius 2 is 2.33 bits per heavy atom. The molecule has 0 aromatic carbocycles. The van der Waals surface area contributed by atoms with Crippen LogP contribution in [0.1, 0.15) is 19.0 Å². The Hall–Kier alpha value is -1.46. The van der Waals surface area contributed by atoms with Gasteiger partial charge in [0.15, 0.2) is 0 Å². The summed E-state index contributed by atoms with van der Waals surface area (Å²) in [6.45, 7) is 3.14. The van der Waals surface area contributed by atoms with Gasteiger partial charge in [-0.3, -0.25) is 14.7 Å². The standard InChI is InChI=1S/C13H20N2O3/c1-3-18-13(17)8-12(16)10-15(2)9-11-6-4-5-7-14-11/h4-7,12,16H,3,8-10H2,1-2H3. The van der Waals surface area contributed by atoms with Crippen molar-refractivity contribution in [3.8, 4) is 0 Å². The maximum Gasteiger partial charge on any atom is 0.308 e. The van der Waals surface area contributed by atoms with Crippen molar-refractivity contribution in [1.29, 1.82) is 0 Å². The monoisotopic (exact) mass is 252 g/mol. The SMILES string of the molecule is CCOC(=O)CC(O)CN(C)Cc1ccccn1. The highest BCUT2D eigenvalue weighted by atomic mass is 16.5. The molecule has 0 amide bonds. The second-order valence-corrected chi connectivity index (χ2v) is 4.18. The van der Waals surface area contributed by atoms with E-state index in [2.05, 4.69) is 4.98 Å². The van der Waals surface area contributed by atoms with Crippen LogP contribution in [0.5, 0.6) is 0 Å². The maximum absolute atomic E-state index is 11.2. The van der Waals surface area contributed by atoms with Crippen LogP contribution in [-0.4, -0.2) is 47.3 Å². The van der Waals surface area contributed by atoms with E-state index in [9.17, 15) is 9.90 Å². The number of aromatic nitrogens is 1. The molecule has 1 rings (SSSR count). The molecule has 0 radical (unpaired) electrons. The van der Waals surface area contributed by atoms with Gasteiger partial charge in [0.1, 0.15) is 0 Å². The zero-order chi connectivity index (χ0) is 13.4. The van der Waals surface area contributed by atoms with Crippen LogP contribution in [0.2, 0.25) is 0 Å². The topological polar surface area (TPSA) is 62.7 Å². The minimum atomic E-state index is -0.710. The molecule has 5 nitrogen and oxygen atoms in total. The van der Waals surface area contributed by atoms with Gasteiger partial charge in [-0.1, -0.05) is 6.07 Å². The number of aliphatic hydroxyl groups is 1. The van der Waals surface area contributed by atoms with Crippen molar-refractivity contribution < 1.29 is 14.6 Å². The molecule has 1 unspecified atom stereocenters. The lowest BCUT2D eigenvalue weighted by molar-refractivity contribution is -0.145. The molecule has 1 aromatic rings. The molecule has 1 atom stereocenters. The van der Waals surface area contributed by atoms with Crippen LogP contribution in [0, 0.1) is 0 Å². The van der Waals surface area contributed by atoms with Gasteiger partial charge in [0.05, 0.1) is 24.8 Å². The van der Waals surface area contributed by atoms with E-state index in [1.807, 2.05) is 30.1 Å². The summed E-state index contributed by atoms with van der Waals surface area (Å²) in [5.41, 5.74) is 0.934. The molecule has 0 saturated heterocycles. The molecule has 0 spiro atoms. The molecule has 1 heterocycles. The van der Waals surface area contributed by atoms with Gasteiger partial charge >= 0.3 is 5.97 Å². The van der Waals surface area contributed by atoms with E-state index in [1.165, 1.54) is 0 Å². The lowest BCUT2D eigenvalue weighted by atomic mass is 10.2. The molecule has 1 N–H and O–H groups in total. The Kier molecular flexibility index (Phi) is 6.32. The molecule has 5 heteroatoms. The zero-order valence-electron chi connectivity index (χ0n) is 10.9. The van der Waals surface area contributed by atoms with Gasteiger partial charge in [-0.25, -0.2) is 0 Å². The number of nitrogens with zero attached hydrogens (tertiary/aromatic N) is 2. The number of hydrogen-bond donors (Lipinski definition) is 1. The second kappa shape index (κ2) is 7.79. The Morgan fingerprint density at radius 1 is 1.56 bits per heavy atom. The summed E-state index contributed by atoms with van der Waals surface area (Å²) in [6.07, 6.45) is 1.05. The van der Waals surface area contributed by atoms with E-state index >= 15 is 0 Å². The molecular formula is C13H20N2O3. The third kappa shape index (κ3) is 5.75. The third-order valence-electron chi connectivity index (χ3n) is 2.39. The van der Waals surface area contributed by atoms with Gasteiger partial charge in [-0.2, -0.15) is 0 Å². The summed E-state index contributed by atoms with van der Waals surface area (Å²) in [6, 6.07) is 5.71. The van der Waals surface area contributed by atoms with Crippen molar-refractivity contribution in [2.45, 2.75) is 26.0 Å². The Bertz CT molecular complexity index is 357. The van der Waals surface area contributed by atoms with E-state index < -0.39 is 6.10 Å². The molecule has 0 aliphatic rings. The molecule has 0 saturated carbocycles. The van der Waals surface area contributed by atoms with Crippen molar-refractivity contribution in [3.63, 3.8) is 0 Å². The summed E-state index contributed by atoms with van der Waals surface area (Å²) >= 11 is 0. The van der Waals surface area contributed by atoms with E-state index in [1.54, 1.807) is 13.1 Å². The molecule has 0 fully saturated rings. The molecule has 18 heavy (non-hydrogen) atoms. The van der Waals surface area contributed by atoms with Gasteiger partial charge in [-0.15, -0.1) is 0 Å². The van der Waals surface area contributed by atoms with Crippen molar-refractivity contribution in [3.05, 3.63) is 30.1 Å².